The Balaban J connectivity index is 2.56. The first kappa shape index (κ1) is 13.6. The van der Waals surface area contributed by atoms with Crippen LogP contribution in [0.5, 0.6) is 0 Å². The Kier molecular flexibility index (Phi) is 6.53. The molecule has 0 aliphatic carbocycles. The van der Waals surface area contributed by atoms with Gasteiger partial charge in [0.15, 0.2) is 0 Å². The summed E-state index contributed by atoms with van der Waals surface area (Å²) < 4.78 is 0. The summed E-state index contributed by atoms with van der Waals surface area (Å²) in [4.78, 5) is 1.24. The predicted molar refractivity (Wildman–Crippen MR) is 70.7 cm³/mol. The maximum Gasteiger partial charge on any atom is 0.0802 e. The normalized spacial score (nSPS) is 12.7. The van der Waals surface area contributed by atoms with Crippen LogP contribution in [0.1, 0.15) is 37.9 Å². The van der Waals surface area contributed by atoms with Gasteiger partial charge in [-0.3, -0.25) is 0 Å². The van der Waals surface area contributed by atoms with Crippen LogP contribution in [-0.2, 0) is 0 Å². The van der Waals surface area contributed by atoms with E-state index in [1.807, 2.05) is 23.9 Å². The standard InChI is InChI=1S/C13H21NOS/c1-2-3-9-16-12-6-4-5-11(10-12)13(15)7-8-14/h4-6,10,13,15H,2-3,7-9,14H2,1H3. The first-order valence-corrected chi connectivity index (χ1v) is 6.87. The molecule has 0 saturated heterocycles. The van der Waals surface area contributed by atoms with Crippen molar-refractivity contribution in [3.63, 3.8) is 0 Å². The number of aliphatic hydroxyl groups excluding tert-OH is 1. The number of rotatable bonds is 7. The average Bonchev–Trinajstić information content (AvgIpc) is 2.30. The zero-order valence-corrected chi connectivity index (χ0v) is 10.7. The highest BCUT2D eigenvalue weighted by molar-refractivity contribution is 7.99. The fourth-order valence-corrected chi connectivity index (χ4v) is 2.53. The SMILES string of the molecule is CCCCSc1cccc(C(O)CCN)c1. The fraction of sp³-hybridized carbons (Fsp3) is 0.538. The van der Waals surface area contributed by atoms with Crippen molar-refractivity contribution in [2.24, 2.45) is 5.73 Å². The molecule has 1 aromatic carbocycles. The summed E-state index contributed by atoms with van der Waals surface area (Å²) in [5.41, 5.74) is 6.42. The van der Waals surface area contributed by atoms with Crippen molar-refractivity contribution < 1.29 is 5.11 Å². The van der Waals surface area contributed by atoms with Crippen molar-refractivity contribution in [3.8, 4) is 0 Å². The van der Waals surface area contributed by atoms with E-state index in [4.69, 9.17) is 5.73 Å². The Hall–Kier alpha value is -0.510. The topological polar surface area (TPSA) is 46.2 Å². The Morgan fingerprint density at radius 1 is 1.44 bits per heavy atom. The largest absolute Gasteiger partial charge is 0.388 e. The first-order valence-electron chi connectivity index (χ1n) is 5.88. The number of hydrogen-bond donors (Lipinski definition) is 2. The number of aliphatic hydroxyl groups is 1. The van der Waals surface area contributed by atoms with E-state index < -0.39 is 6.10 Å². The highest BCUT2D eigenvalue weighted by Gasteiger charge is 2.06. The van der Waals surface area contributed by atoms with Crippen molar-refractivity contribution in [3.05, 3.63) is 29.8 Å². The van der Waals surface area contributed by atoms with Crippen molar-refractivity contribution >= 4 is 11.8 Å². The van der Waals surface area contributed by atoms with E-state index in [-0.39, 0.29) is 0 Å². The number of unbranched alkanes of at least 4 members (excludes halogenated alkanes) is 1. The molecule has 0 radical (unpaired) electrons. The van der Waals surface area contributed by atoms with Gasteiger partial charge in [-0.1, -0.05) is 25.5 Å². The zero-order valence-electron chi connectivity index (χ0n) is 9.86. The molecular formula is C13H21NOS. The second-order valence-corrected chi connectivity index (χ2v) is 5.04. The smallest absolute Gasteiger partial charge is 0.0802 e. The Morgan fingerprint density at radius 2 is 2.25 bits per heavy atom. The van der Waals surface area contributed by atoms with Crippen molar-refractivity contribution in [2.45, 2.75) is 37.2 Å². The quantitative estimate of drug-likeness (QED) is 0.568. The molecule has 16 heavy (non-hydrogen) atoms. The summed E-state index contributed by atoms with van der Waals surface area (Å²) in [6.07, 6.45) is 2.67. The molecule has 1 unspecified atom stereocenters. The van der Waals surface area contributed by atoms with Gasteiger partial charge in [0, 0.05) is 4.90 Å². The van der Waals surface area contributed by atoms with Crippen LogP contribution in [0.15, 0.2) is 29.2 Å². The molecule has 0 spiro atoms. The van der Waals surface area contributed by atoms with Crippen LogP contribution >= 0.6 is 11.8 Å². The Labute approximate surface area is 102 Å². The van der Waals surface area contributed by atoms with Gasteiger partial charge in [0.05, 0.1) is 6.10 Å². The average molecular weight is 239 g/mol. The van der Waals surface area contributed by atoms with Crippen LogP contribution < -0.4 is 5.73 Å². The molecule has 0 fully saturated rings. The molecule has 0 heterocycles. The monoisotopic (exact) mass is 239 g/mol. The van der Waals surface area contributed by atoms with E-state index in [2.05, 4.69) is 19.1 Å². The number of hydrogen-bond acceptors (Lipinski definition) is 3. The van der Waals surface area contributed by atoms with Gasteiger partial charge in [-0.2, -0.15) is 0 Å². The summed E-state index contributed by atoms with van der Waals surface area (Å²) in [5.74, 6) is 1.15. The number of benzene rings is 1. The van der Waals surface area contributed by atoms with Crippen molar-refractivity contribution in [1.29, 1.82) is 0 Å². The van der Waals surface area contributed by atoms with Gasteiger partial charge in [0.1, 0.15) is 0 Å². The lowest BCUT2D eigenvalue weighted by Crippen LogP contribution is -2.06. The molecule has 2 nitrogen and oxygen atoms in total. The molecule has 1 atom stereocenters. The third-order valence-corrected chi connectivity index (χ3v) is 3.53. The molecular weight excluding hydrogens is 218 g/mol. The molecule has 0 saturated carbocycles. The molecule has 1 rings (SSSR count). The fourth-order valence-electron chi connectivity index (χ4n) is 1.47. The summed E-state index contributed by atoms with van der Waals surface area (Å²) in [6, 6.07) is 8.13. The van der Waals surface area contributed by atoms with Crippen LogP contribution in [0, 0.1) is 0 Å². The molecule has 3 heteroatoms. The van der Waals surface area contributed by atoms with Gasteiger partial charge in [-0.05, 0) is 42.8 Å². The van der Waals surface area contributed by atoms with Crippen LogP contribution in [0.4, 0.5) is 0 Å². The van der Waals surface area contributed by atoms with E-state index >= 15 is 0 Å². The summed E-state index contributed by atoms with van der Waals surface area (Å²) in [5, 5.41) is 9.83. The first-order chi connectivity index (χ1) is 7.77. The van der Waals surface area contributed by atoms with Crippen LogP contribution in [0.2, 0.25) is 0 Å². The number of nitrogens with two attached hydrogens (primary N) is 1. The van der Waals surface area contributed by atoms with Gasteiger partial charge in [-0.15, -0.1) is 11.8 Å². The summed E-state index contributed by atoms with van der Waals surface area (Å²) >= 11 is 1.85. The van der Waals surface area contributed by atoms with Gasteiger partial charge >= 0.3 is 0 Å². The summed E-state index contributed by atoms with van der Waals surface area (Å²) in [7, 11) is 0. The Morgan fingerprint density at radius 3 is 2.94 bits per heavy atom. The third kappa shape index (κ3) is 4.56. The van der Waals surface area contributed by atoms with Crippen LogP contribution in [-0.4, -0.2) is 17.4 Å². The summed E-state index contributed by atoms with van der Waals surface area (Å²) in [6.45, 7) is 2.72. The molecule has 0 aliphatic heterocycles. The van der Waals surface area contributed by atoms with Gasteiger partial charge < -0.3 is 10.8 Å². The molecule has 0 aromatic heterocycles. The van der Waals surface area contributed by atoms with Crippen molar-refractivity contribution in [2.75, 3.05) is 12.3 Å². The molecule has 0 amide bonds. The maximum absolute atomic E-state index is 9.83. The molecule has 0 aliphatic rings. The minimum absolute atomic E-state index is 0.420. The minimum atomic E-state index is -0.420. The highest BCUT2D eigenvalue weighted by Crippen LogP contribution is 2.24. The van der Waals surface area contributed by atoms with E-state index in [1.54, 1.807) is 0 Å². The molecule has 90 valence electrons. The van der Waals surface area contributed by atoms with Gasteiger partial charge in [-0.25, -0.2) is 0 Å². The lowest BCUT2D eigenvalue weighted by molar-refractivity contribution is 0.170. The highest BCUT2D eigenvalue weighted by atomic mass is 32.2. The Bertz CT molecular complexity index is 304. The van der Waals surface area contributed by atoms with E-state index in [0.717, 1.165) is 11.3 Å². The van der Waals surface area contributed by atoms with Crippen LogP contribution in [0.25, 0.3) is 0 Å². The molecule has 1 aromatic rings. The maximum atomic E-state index is 9.83. The van der Waals surface area contributed by atoms with Gasteiger partial charge in [0.25, 0.3) is 0 Å². The van der Waals surface area contributed by atoms with Crippen molar-refractivity contribution in [1.82, 2.24) is 0 Å². The number of thioether (sulfide) groups is 1. The second kappa shape index (κ2) is 7.71. The van der Waals surface area contributed by atoms with E-state index in [1.165, 1.54) is 17.7 Å². The lowest BCUT2D eigenvalue weighted by atomic mass is 10.1. The van der Waals surface area contributed by atoms with Gasteiger partial charge in [0.2, 0.25) is 0 Å². The van der Waals surface area contributed by atoms with E-state index in [9.17, 15) is 5.11 Å². The third-order valence-electron chi connectivity index (χ3n) is 2.45. The second-order valence-electron chi connectivity index (χ2n) is 3.87. The molecule has 0 bridgehead atoms. The van der Waals surface area contributed by atoms with Crippen LogP contribution in [0.3, 0.4) is 0 Å². The predicted octanol–water partition coefficient (Wildman–Crippen LogP) is 2.96. The van der Waals surface area contributed by atoms with E-state index in [0.29, 0.717) is 13.0 Å². The zero-order chi connectivity index (χ0) is 11.8. The molecule has 3 N–H and O–H groups in total. The minimum Gasteiger partial charge on any atom is -0.388 e. The lowest BCUT2D eigenvalue weighted by Gasteiger charge is -2.10.